The van der Waals surface area contributed by atoms with Gasteiger partial charge in [0.05, 0.1) is 11.3 Å². The fourth-order valence-electron chi connectivity index (χ4n) is 1.35. The van der Waals surface area contributed by atoms with Gasteiger partial charge in [0.15, 0.2) is 0 Å². The summed E-state index contributed by atoms with van der Waals surface area (Å²) in [6.45, 7) is 0. The molecule has 0 saturated heterocycles. The maximum absolute atomic E-state index is 13.0. The fraction of sp³-hybridized carbons (Fsp3) is 0.500. The predicted molar refractivity (Wildman–Crippen MR) is 46.7 cm³/mol. The van der Waals surface area contributed by atoms with Gasteiger partial charge >= 0.3 is 0 Å². The molecule has 2 rings (SSSR count). The lowest BCUT2D eigenvalue weighted by molar-refractivity contribution is 0.140. The molecule has 3 heteroatoms. The van der Waals surface area contributed by atoms with Gasteiger partial charge in [0.2, 0.25) is 0 Å². The lowest BCUT2D eigenvalue weighted by atomic mass is 10.1. The van der Waals surface area contributed by atoms with Crippen molar-refractivity contribution in [1.82, 2.24) is 4.98 Å². The van der Waals surface area contributed by atoms with Crippen LogP contribution in [-0.4, -0.2) is 15.7 Å². The van der Waals surface area contributed by atoms with Crippen molar-refractivity contribution in [1.29, 1.82) is 0 Å². The van der Waals surface area contributed by atoms with Gasteiger partial charge in [-0.1, -0.05) is 0 Å². The van der Waals surface area contributed by atoms with E-state index in [9.17, 15) is 9.50 Å². The largest absolute Gasteiger partial charge is 0.390 e. The van der Waals surface area contributed by atoms with Gasteiger partial charge in [-0.25, -0.2) is 4.39 Å². The molecule has 0 aliphatic heterocycles. The molecule has 0 amide bonds. The highest BCUT2D eigenvalue weighted by Gasteiger charge is 2.39. The van der Waals surface area contributed by atoms with Crippen LogP contribution in [0.25, 0.3) is 0 Å². The minimum absolute atomic E-state index is 0.272. The molecular weight excluding hydrogens is 169 g/mol. The van der Waals surface area contributed by atoms with E-state index in [1.54, 1.807) is 12.3 Å². The number of hydrogen-bond acceptors (Lipinski definition) is 2. The van der Waals surface area contributed by atoms with Gasteiger partial charge in [-0.2, -0.15) is 0 Å². The number of aliphatic hydroxyl groups is 1. The van der Waals surface area contributed by atoms with Crippen LogP contribution in [0.2, 0.25) is 0 Å². The Morgan fingerprint density at radius 2 is 2.31 bits per heavy atom. The quantitative estimate of drug-likeness (QED) is 0.769. The third-order valence-corrected chi connectivity index (χ3v) is 2.49. The smallest absolute Gasteiger partial charge is 0.144 e. The maximum atomic E-state index is 13.0. The number of aromatic nitrogens is 1. The second-order valence-electron chi connectivity index (χ2n) is 3.66. The number of nitrogens with zero attached hydrogens (tertiary/aromatic N) is 1. The van der Waals surface area contributed by atoms with Crippen molar-refractivity contribution in [3.05, 3.63) is 29.8 Å². The summed E-state index contributed by atoms with van der Waals surface area (Å²) in [5.41, 5.74) is -0.0490. The van der Waals surface area contributed by atoms with Crippen molar-refractivity contribution < 1.29 is 9.50 Å². The summed E-state index contributed by atoms with van der Waals surface area (Å²) in [5, 5.41) is 9.53. The van der Waals surface area contributed by atoms with Crippen LogP contribution < -0.4 is 0 Å². The number of aryl methyl sites for hydroxylation is 1. The second kappa shape index (κ2) is 3.07. The van der Waals surface area contributed by atoms with Crippen LogP contribution in [0.3, 0.4) is 0 Å². The summed E-state index contributed by atoms with van der Waals surface area (Å²) in [7, 11) is 0. The molecule has 1 aromatic rings. The van der Waals surface area contributed by atoms with E-state index >= 15 is 0 Å². The van der Waals surface area contributed by atoms with Crippen LogP contribution in [-0.2, 0) is 6.42 Å². The second-order valence-corrected chi connectivity index (χ2v) is 3.66. The van der Waals surface area contributed by atoms with Crippen LogP contribution in [0.4, 0.5) is 4.39 Å². The molecule has 70 valence electrons. The number of hydrogen-bond donors (Lipinski definition) is 1. The Kier molecular flexibility index (Phi) is 2.04. The SMILES string of the molecule is OC1(CCc2ncccc2F)CC1. The van der Waals surface area contributed by atoms with E-state index in [0.717, 1.165) is 12.8 Å². The summed E-state index contributed by atoms with van der Waals surface area (Å²) in [4.78, 5) is 3.92. The normalized spacial score (nSPS) is 18.6. The molecule has 1 aliphatic carbocycles. The first-order valence-corrected chi connectivity index (χ1v) is 4.51. The Morgan fingerprint density at radius 3 is 2.92 bits per heavy atom. The van der Waals surface area contributed by atoms with Gasteiger partial charge < -0.3 is 5.11 Å². The first-order chi connectivity index (χ1) is 6.20. The van der Waals surface area contributed by atoms with Gasteiger partial charge in [0, 0.05) is 6.20 Å². The minimum Gasteiger partial charge on any atom is -0.390 e. The average Bonchev–Trinajstić information content (AvgIpc) is 2.83. The molecule has 1 heterocycles. The molecule has 1 aliphatic rings. The van der Waals surface area contributed by atoms with Crippen LogP contribution in [0.15, 0.2) is 18.3 Å². The van der Waals surface area contributed by atoms with Gasteiger partial charge in [0.1, 0.15) is 5.82 Å². The van der Waals surface area contributed by atoms with Crippen molar-refractivity contribution in [2.24, 2.45) is 0 Å². The van der Waals surface area contributed by atoms with E-state index in [2.05, 4.69) is 4.98 Å². The molecule has 1 saturated carbocycles. The van der Waals surface area contributed by atoms with Crippen LogP contribution in [0, 0.1) is 5.82 Å². The predicted octanol–water partition coefficient (Wildman–Crippen LogP) is 1.68. The lowest BCUT2D eigenvalue weighted by Gasteiger charge is -2.06. The monoisotopic (exact) mass is 181 g/mol. The van der Waals surface area contributed by atoms with E-state index in [0.29, 0.717) is 18.5 Å². The third-order valence-electron chi connectivity index (χ3n) is 2.49. The van der Waals surface area contributed by atoms with Crippen molar-refractivity contribution in [3.8, 4) is 0 Å². The van der Waals surface area contributed by atoms with Crippen molar-refractivity contribution in [2.45, 2.75) is 31.3 Å². The molecular formula is C10H12FNO. The van der Waals surface area contributed by atoms with Crippen molar-refractivity contribution in [3.63, 3.8) is 0 Å². The third kappa shape index (κ3) is 2.04. The Morgan fingerprint density at radius 1 is 1.54 bits per heavy atom. The Hall–Kier alpha value is -0.960. The average molecular weight is 181 g/mol. The Labute approximate surface area is 76.4 Å². The maximum Gasteiger partial charge on any atom is 0.144 e. The van der Waals surface area contributed by atoms with Crippen molar-refractivity contribution in [2.75, 3.05) is 0 Å². The molecule has 1 fully saturated rings. The van der Waals surface area contributed by atoms with Gasteiger partial charge in [-0.05, 0) is 37.8 Å². The minimum atomic E-state index is -0.510. The molecule has 2 nitrogen and oxygen atoms in total. The lowest BCUT2D eigenvalue weighted by Crippen LogP contribution is -2.09. The van der Waals surface area contributed by atoms with Crippen molar-refractivity contribution >= 4 is 0 Å². The molecule has 0 aromatic carbocycles. The zero-order valence-corrected chi connectivity index (χ0v) is 7.33. The standard InChI is InChI=1S/C10H12FNO/c11-8-2-1-7-12-9(8)3-4-10(13)5-6-10/h1-2,7,13H,3-6H2. The molecule has 0 bridgehead atoms. The molecule has 0 atom stereocenters. The van der Waals surface area contributed by atoms with E-state index in [4.69, 9.17) is 0 Å². The first kappa shape index (κ1) is 8.63. The van der Waals surface area contributed by atoms with Crippen LogP contribution in [0.5, 0.6) is 0 Å². The Balaban J connectivity index is 1.97. The number of pyridine rings is 1. The highest BCUT2D eigenvalue weighted by molar-refractivity contribution is 5.08. The van der Waals surface area contributed by atoms with Gasteiger partial charge in [-0.3, -0.25) is 4.98 Å². The fourth-order valence-corrected chi connectivity index (χ4v) is 1.35. The molecule has 1 aromatic heterocycles. The van der Waals surface area contributed by atoms with E-state index < -0.39 is 5.60 Å². The summed E-state index contributed by atoms with van der Waals surface area (Å²) < 4.78 is 13.0. The van der Waals surface area contributed by atoms with E-state index in [1.165, 1.54) is 6.07 Å². The van der Waals surface area contributed by atoms with E-state index in [1.807, 2.05) is 0 Å². The summed E-state index contributed by atoms with van der Waals surface area (Å²) in [6, 6.07) is 2.98. The van der Waals surface area contributed by atoms with Crippen LogP contribution >= 0.6 is 0 Å². The van der Waals surface area contributed by atoms with Gasteiger partial charge in [-0.15, -0.1) is 0 Å². The van der Waals surface area contributed by atoms with E-state index in [-0.39, 0.29) is 5.82 Å². The molecule has 0 radical (unpaired) electrons. The summed E-state index contributed by atoms with van der Waals surface area (Å²) in [6.07, 6.45) is 4.43. The van der Waals surface area contributed by atoms with Crippen LogP contribution in [0.1, 0.15) is 25.0 Å². The number of halogens is 1. The topological polar surface area (TPSA) is 33.1 Å². The summed E-state index contributed by atoms with van der Waals surface area (Å²) >= 11 is 0. The summed E-state index contributed by atoms with van der Waals surface area (Å²) in [5.74, 6) is -0.272. The highest BCUT2D eigenvalue weighted by Crippen LogP contribution is 2.39. The van der Waals surface area contributed by atoms with Gasteiger partial charge in [0.25, 0.3) is 0 Å². The molecule has 0 spiro atoms. The zero-order valence-electron chi connectivity index (χ0n) is 7.33. The molecule has 0 unspecified atom stereocenters. The molecule has 1 N–H and O–H groups in total. The Bertz CT molecular complexity index is 310. The number of rotatable bonds is 3. The molecule has 13 heavy (non-hydrogen) atoms. The first-order valence-electron chi connectivity index (χ1n) is 4.51. The zero-order chi connectivity index (χ0) is 9.31. The highest BCUT2D eigenvalue weighted by atomic mass is 19.1.